The molecule has 0 aliphatic heterocycles. The van der Waals surface area contributed by atoms with Crippen LogP contribution in [0.2, 0.25) is 0 Å². The van der Waals surface area contributed by atoms with Gasteiger partial charge in [0.1, 0.15) is 0 Å². The molecular formula is C23H26P2. The van der Waals surface area contributed by atoms with Crippen LogP contribution < -0.4 is 15.9 Å². The summed E-state index contributed by atoms with van der Waals surface area (Å²) in [5.41, 5.74) is 0. The van der Waals surface area contributed by atoms with E-state index in [1.54, 1.807) is 5.30 Å². The van der Waals surface area contributed by atoms with Crippen molar-refractivity contribution in [3.8, 4) is 0 Å². The van der Waals surface area contributed by atoms with Gasteiger partial charge in [-0.15, -0.1) is 0 Å². The Labute approximate surface area is 154 Å². The summed E-state index contributed by atoms with van der Waals surface area (Å²) in [6.07, 6.45) is 5.22. The average molecular weight is 364 g/mol. The van der Waals surface area contributed by atoms with Crippen LogP contribution in [0.5, 0.6) is 0 Å². The van der Waals surface area contributed by atoms with Gasteiger partial charge in [0.15, 0.2) is 0 Å². The maximum atomic E-state index is 2.34. The Morgan fingerprint density at radius 1 is 0.560 bits per heavy atom. The Morgan fingerprint density at radius 2 is 1.00 bits per heavy atom. The largest absolute Gasteiger partial charge is 0.0756 e. The fourth-order valence-corrected chi connectivity index (χ4v) is 7.83. The highest BCUT2D eigenvalue weighted by molar-refractivity contribution is 7.73. The standard InChI is InChI=1S/C23H26P2/c1-2-24(21-13-6-3-7-14-21)19-12-20-25(22-15-8-4-9-16-22)23-17-10-5-11-18-23/h3-11,13-18H,2,12,19-20H2,1H3. The van der Waals surface area contributed by atoms with Crippen LogP contribution in [0, 0.1) is 0 Å². The molecule has 0 saturated heterocycles. The van der Waals surface area contributed by atoms with Crippen LogP contribution in [0.1, 0.15) is 13.3 Å². The van der Waals surface area contributed by atoms with Crippen molar-refractivity contribution in [3.63, 3.8) is 0 Å². The molecule has 3 aromatic carbocycles. The van der Waals surface area contributed by atoms with Gasteiger partial charge >= 0.3 is 0 Å². The van der Waals surface area contributed by atoms with Crippen LogP contribution in [0.4, 0.5) is 0 Å². The van der Waals surface area contributed by atoms with Gasteiger partial charge in [0.2, 0.25) is 0 Å². The van der Waals surface area contributed by atoms with Gasteiger partial charge in [0.25, 0.3) is 0 Å². The summed E-state index contributed by atoms with van der Waals surface area (Å²) in [7, 11) is -0.257. The predicted molar refractivity (Wildman–Crippen MR) is 117 cm³/mol. The molecular weight excluding hydrogens is 338 g/mol. The first-order valence-electron chi connectivity index (χ1n) is 9.06. The smallest absolute Gasteiger partial charge is 0.0195 e. The van der Waals surface area contributed by atoms with Crippen molar-refractivity contribution in [2.24, 2.45) is 0 Å². The number of hydrogen-bond acceptors (Lipinski definition) is 0. The summed E-state index contributed by atoms with van der Waals surface area (Å²) < 4.78 is 0. The van der Waals surface area contributed by atoms with E-state index in [0.29, 0.717) is 0 Å². The van der Waals surface area contributed by atoms with E-state index >= 15 is 0 Å². The van der Waals surface area contributed by atoms with Crippen molar-refractivity contribution in [1.29, 1.82) is 0 Å². The molecule has 0 fully saturated rings. The highest BCUT2D eigenvalue weighted by atomic mass is 31.1. The highest BCUT2D eigenvalue weighted by Crippen LogP contribution is 2.39. The van der Waals surface area contributed by atoms with Crippen molar-refractivity contribution < 1.29 is 0 Å². The number of rotatable bonds is 8. The van der Waals surface area contributed by atoms with E-state index in [2.05, 4.69) is 97.9 Å². The Hall–Kier alpha value is -1.48. The molecule has 25 heavy (non-hydrogen) atoms. The van der Waals surface area contributed by atoms with Crippen LogP contribution >= 0.6 is 15.8 Å². The average Bonchev–Trinajstić information content (AvgIpc) is 2.70. The molecule has 128 valence electrons. The van der Waals surface area contributed by atoms with Gasteiger partial charge in [-0.1, -0.05) is 106 Å². The van der Waals surface area contributed by atoms with E-state index in [0.717, 1.165) is 0 Å². The highest BCUT2D eigenvalue weighted by Gasteiger charge is 2.15. The van der Waals surface area contributed by atoms with Gasteiger partial charge in [0.05, 0.1) is 0 Å². The summed E-state index contributed by atoms with van der Waals surface area (Å²) in [5.74, 6) is 0. The van der Waals surface area contributed by atoms with Crippen LogP contribution in [0.25, 0.3) is 0 Å². The van der Waals surface area contributed by atoms with Gasteiger partial charge in [0, 0.05) is 0 Å². The van der Waals surface area contributed by atoms with Gasteiger partial charge in [-0.05, 0) is 48.7 Å². The second-order valence-electron chi connectivity index (χ2n) is 6.09. The molecule has 0 bridgehead atoms. The maximum absolute atomic E-state index is 2.34. The zero-order chi connectivity index (χ0) is 17.3. The minimum absolute atomic E-state index is 0.0116. The predicted octanol–water partition coefficient (Wildman–Crippen LogP) is 5.34. The van der Waals surface area contributed by atoms with E-state index in [1.165, 1.54) is 35.5 Å². The topological polar surface area (TPSA) is 0 Å². The maximum Gasteiger partial charge on any atom is -0.0195 e. The zero-order valence-electron chi connectivity index (χ0n) is 14.9. The molecule has 0 N–H and O–H groups in total. The van der Waals surface area contributed by atoms with E-state index < -0.39 is 0 Å². The molecule has 0 radical (unpaired) electrons. The van der Waals surface area contributed by atoms with Crippen molar-refractivity contribution in [3.05, 3.63) is 91.0 Å². The normalized spacial score (nSPS) is 12.2. The molecule has 0 nitrogen and oxygen atoms in total. The van der Waals surface area contributed by atoms with Gasteiger partial charge in [-0.2, -0.15) is 0 Å². The molecule has 0 aliphatic rings. The Kier molecular flexibility index (Phi) is 7.22. The molecule has 3 rings (SSSR count). The molecule has 0 heterocycles. The lowest BCUT2D eigenvalue weighted by Crippen LogP contribution is -2.15. The Morgan fingerprint density at radius 3 is 1.44 bits per heavy atom. The van der Waals surface area contributed by atoms with Gasteiger partial charge in [-0.3, -0.25) is 0 Å². The van der Waals surface area contributed by atoms with Crippen molar-refractivity contribution in [2.45, 2.75) is 13.3 Å². The lowest BCUT2D eigenvalue weighted by molar-refractivity contribution is 1.11. The molecule has 1 unspecified atom stereocenters. The lowest BCUT2D eigenvalue weighted by Gasteiger charge is -2.21. The monoisotopic (exact) mass is 364 g/mol. The summed E-state index contributed by atoms with van der Waals surface area (Å²) >= 11 is 0. The van der Waals surface area contributed by atoms with Crippen LogP contribution in [-0.2, 0) is 0 Å². The summed E-state index contributed by atoms with van der Waals surface area (Å²) in [4.78, 5) is 0. The molecule has 0 amide bonds. The molecule has 0 spiro atoms. The number of hydrogen-bond donors (Lipinski definition) is 0. The molecule has 0 aromatic heterocycles. The first-order chi connectivity index (χ1) is 12.4. The quantitative estimate of drug-likeness (QED) is 0.474. The Bertz CT molecular complexity index is 686. The van der Waals surface area contributed by atoms with Crippen LogP contribution in [0.15, 0.2) is 91.0 Å². The van der Waals surface area contributed by atoms with Crippen molar-refractivity contribution in [2.75, 3.05) is 18.5 Å². The fraction of sp³-hybridized carbons (Fsp3) is 0.217. The molecule has 0 saturated carbocycles. The summed E-state index contributed by atoms with van der Waals surface area (Å²) in [5, 5.41) is 4.57. The second-order valence-corrected chi connectivity index (χ2v) is 11.1. The molecule has 0 aliphatic carbocycles. The molecule has 3 aromatic rings. The van der Waals surface area contributed by atoms with Gasteiger partial charge in [-0.25, -0.2) is 0 Å². The zero-order valence-corrected chi connectivity index (χ0v) is 16.7. The van der Waals surface area contributed by atoms with Crippen LogP contribution in [-0.4, -0.2) is 18.5 Å². The third-order valence-corrected chi connectivity index (χ3v) is 9.70. The summed E-state index contributed by atoms with van der Waals surface area (Å²) in [6.45, 7) is 2.34. The van der Waals surface area contributed by atoms with E-state index in [1.807, 2.05) is 0 Å². The van der Waals surface area contributed by atoms with Gasteiger partial charge < -0.3 is 0 Å². The third kappa shape index (κ3) is 5.24. The molecule has 2 heteroatoms. The first kappa shape index (κ1) is 18.3. The van der Waals surface area contributed by atoms with E-state index in [4.69, 9.17) is 0 Å². The van der Waals surface area contributed by atoms with Crippen molar-refractivity contribution in [1.82, 2.24) is 0 Å². The number of benzene rings is 3. The summed E-state index contributed by atoms with van der Waals surface area (Å²) in [6, 6.07) is 33.3. The third-order valence-electron chi connectivity index (χ3n) is 4.45. The lowest BCUT2D eigenvalue weighted by atomic mass is 10.4. The minimum Gasteiger partial charge on any atom is -0.0756 e. The SMILES string of the molecule is CCP(CCCP(c1ccccc1)c1ccccc1)c1ccccc1. The van der Waals surface area contributed by atoms with Crippen LogP contribution in [0.3, 0.4) is 0 Å². The van der Waals surface area contributed by atoms with Crippen molar-refractivity contribution >= 4 is 31.8 Å². The Balaban J connectivity index is 1.69. The minimum atomic E-state index is -0.245. The molecule has 1 atom stereocenters. The van der Waals surface area contributed by atoms with E-state index in [-0.39, 0.29) is 15.8 Å². The first-order valence-corrected chi connectivity index (χ1v) is 12.3. The fourth-order valence-electron chi connectivity index (χ4n) is 3.15. The second kappa shape index (κ2) is 9.86. The van der Waals surface area contributed by atoms with E-state index in [9.17, 15) is 0 Å².